The van der Waals surface area contributed by atoms with Gasteiger partial charge in [0.25, 0.3) is 0 Å². The number of nitrogens with one attached hydrogen (secondary N) is 1. The zero-order valence-electron chi connectivity index (χ0n) is 10.7. The first-order valence-corrected chi connectivity index (χ1v) is 7.06. The van der Waals surface area contributed by atoms with E-state index in [1.54, 1.807) is 12.1 Å². The van der Waals surface area contributed by atoms with Crippen LogP contribution >= 0.6 is 15.9 Å². The number of rotatable bonds is 3. The number of amides is 1. The fourth-order valence-corrected chi connectivity index (χ4v) is 2.94. The molecule has 102 valence electrons. The number of carboxylic acid groups (broad SMARTS) is 1. The molecule has 1 fully saturated rings. The van der Waals surface area contributed by atoms with E-state index in [0.29, 0.717) is 10.2 Å². The van der Waals surface area contributed by atoms with Crippen LogP contribution in [0.2, 0.25) is 0 Å². The summed E-state index contributed by atoms with van der Waals surface area (Å²) in [5.74, 6) is -1.15. The van der Waals surface area contributed by atoms with Gasteiger partial charge in [-0.25, -0.2) is 4.79 Å². The Morgan fingerprint density at radius 1 is 1.32 bits per heavy atom. The smallest absolute Gasteiger partial charge is 0.337 e. The van der Waals surface area contributed by atoms with Crippen LogP contribution in [0, 0.1) is 5.41 Å². The van der Waals surface area contributed by atoms with Crippen molar-refractivity contribution in [2.45, 2.75) is 32.6 Å². The van der Waals surface area contributed by atoms with E-state index < -0.39 is 5.97 Å². The molecule has 0 spiro atoms. The standard InChI is InChI=1S/C14H16BrNO3/c1-14(7-2-3-8-14)13(19)16-11-9(12(17)18)5-4-6-10(11)15/h4-6H,2-3,7-8H2,1H3,(H,16,19)(H,17,18). The van der Waals surface area contributed by atoms with Crippen LogP contribution in [0.15, 0.2) is 22.7 Å². The number of halogens is 1. The molecule has 0 bridgehead atoms. The quantitative estimate of drug-likeness (QED) is 0.891. The number of anilines is 1. The van der Waals surface area contributed by atoms with Gasteiger partial charge in [-0.2, -0.15) is 0 Å². The molecule has 1 aliphatic rings. The maximum Gasteiger partial charge on any atom is 0.337 e. The molecule has 5 heteroatoms. The van der Waals surface area contributed by atoms with Crippen molar-refractivity contribution in [1.29, 1.82) is 0 Å². The van der Waals surface area contributed by atoms with E-state index in [4.69, 9.17) is 5.11 Å². The number of hydrogen-bond acceptors (Lipinski definition) is 2. The highest BCUT2D eigenvalue weighted by Crippen LogP contribution is 2.39. The maximum absolute atomic E-state index is 12.3. The molecule has 1 aromatic rings. The minimum absolute atomic E-state index is 0.0978. The van der Waals surface area contributed by atoms with Crippen LogP contribution in [0.3, 0.4) is 0 Å². The number of para-hydroxylation sites is 1. The molecule has 1 amide bonds. The summed E-state index contributed by atoms with van der Waals surface area (Å²) in [6, 6.07) is 4.85. The Morgan fingerprint density at radius 2 is 1.95 bits per heavy atom. The second kappa shape index (κ2) is 5.33. The number of carbonyl (C=O) groups is 2. The molecule has 1 aromatic carbocycles. The molecule has 0 aromatic heterocycles. The summed E-state index contributed by atoms with van der Waals surface area (Å²) < 4.78 is 0.586. The van der Waals surface area contributed by atoms with Crippen LogP contribution in [0.1, 0.15) is 43.0 Å². The first-order valence-electron chi connectivity index (χ1n) is 6.27. The van der Waals surface area contributed by atoms with Gasteiger partial charge in [0.05, 0.1) is 11.3 Å². The van der Waals surface area contributed by atoms with E-state index in [0.717, 1.165) is 25.7 Å². The average Bonchev–Trinajstić information content (AvgIpc) is 2.79. The number of aromatic carboxylic acids is 1. The first kappa shape index (κ1) is 14.1. The second-order valence-corrected chi connectivity index (χ2v) is 6.04. The predicted octanol–water partition coefficient (Wildman–Crippen LogP) is 3.67. The molecule has 0 aliphatic heterocycles. The third kappa shape index (κ3) is 2.81. The Morgan fingerprint density at radius 3 is 2.53 bits per heavy atom. The Balaban J connectivity index is 2.28. The Labute approximate surface area is 120 Å². The minimum Gasteiger partial charge on any atom is -0.478 e. The van der Waals surface area contributed by atoms with Gasteiger partial charge in [0.15, 0.2) is 0 Å². The zero-order chi connectivity index (χ0) is 14.0. The number of hydrogen-bond donors (Lipinski definition) is 2. The van der Waals surface area contributed by atoms with E-state index in [-0.39, 0.29) is 16.9 Å². The highest BCUT2D eigenvalue weighted by atomic mass is 79.9. The molecular formula is C14H16BrNO3. The predicted molar refractivity (Wildman–Crippen MR) is 76.3 cm³/mol. The van der Waals surface area contributed by atoms with Crippen molar-refractivity contribution in [2.24, 2.45) is 5.41 Å². The fraction of sp³-hybridized carbons (Fsp3) is 0.429. The molecular weight excluding hydrogens is 310 g/mol. The largest absolute Gasteiger partial charge is 0.478 e. The average molecular weight is 326 g/mol. The van der Waals surface area contributed by atoms with Crippen molar-refractivity contribution in [1.82, 2.24) is 0 Å². The Hall–Kier alpha value is -1.36. The van der Waals surface area contributed by atoms with Crippen LogP contribution in [0.25, 0.3) is 0 Å². The van der Waals surface area contributed by atoms with Gasteiger partial charge in [-0.3, -0.25) is 4.79 Å². The molecule has 1 saturated carbocycles. The van der Waals surface area contributed by atoms with Crippen molar-refractivity contribution in [3.8, 4) is 0 Å². The minimum atomic E-state index is -1.05. The summed E-state index contributed by atoms with van der Waals surface area (Å²) in [5, 5.41) is 11.9. The van der Waals surface area contributed by atoms with Gasteiger partial charge >= 0.3 is 5.97 Å². The van der Waals surface area contributed by atoms with E-state index in [1.165, 1.54) is 6.07 Å². The van der Waals surface area contributed by atoms with Gasteiger partial charge in [0.2, 0.25) is 5.91 Å². The summed E-state index contributed by atoms with van der Waals surface area (Å²) in [6.07, 6.45) is 3.80. The lowest BCUT2D eigenvalue weighted by Crippen LogP contribution is -2.31. The van der Waals surface area contributed by atoms with Crippen LogP contribution < -0.4 is 5.32 Å². The summed E-state index contributed by atoms with van der Waals surface area (Å²) in [4.78, 5) is 23.5. The molecule has 0 saturated heterocycles. The molecule has 0 unspecified atom stereocenters. The van der Waals surface area contributed by atoms with Gasteiger partial charge in [-0.15, -0.1) is 0 Å². The topological polar surface area (TPSA) is 66.4 Å². The monoisotopic (exact) mass is 325 g/mol. The van der Waals surface area contributed by atoms with Gasteiger partial charge in [-0.05, 0) is 40.9 Å². The van der Waals surface area contributed by atoms with Gasteiger partial charge in [0.1, 0.15) is 0 Å². The van der Waals surface area contributed by atoms with Gasteiger partial charge < -0.3 is 10.4 Å². The third-order valence-corrected chi connectivity index (χ3v) is 4.40. The summed E-state index contributed by atoms with van der Waals surface area (Å²) in [5.41, 5.74) is 0.0582. The molecule has 2 rings (SSSR count). The Kier molecular flexibility index (Phi) is 3.94. The molecule has 19 heavy (non-hydrogen) atoms. The number of carboxylic acids is 1. The summed E-state index contributed by atoms with van der Waals surface area (Å²) in [7, 11) is 0. The second-order valence-electron chi connectivity index (χ2n) is 5.19. The van der Waals surface area contributed by atoms with Gasteiger partial charge in [0, 0.05) is 9.89 Å². The molecule has 2 N–H and O–H groups in total. The van der Waals surface area contributed by atoms with Crippen LogP contribution in [-0.4, -0.2) is 17.0 Å². The number of carbonyl (C=O) groups excluding carboxylic acids is 1. The lowest BCUT2D eigenvalue weighted by molar-refractivity contribution is -0.124. The Bertz CT molecular complexity index is 521. The maximum atomic E-state index is 12.3. The summed E-state index contributed by atoms with van der Waals surface area (Å²) in [6.45, 7) is 1.94. The summed E-state index contributed by atoms with van der Waals surface area (Å²) >= 11 is 3.29. The fourth-order valence-electron chi connectivity index (χ4n) is 2.48. The normalized spacial score (nSPS) is 17.2. The molecule has 4 nitrogen and oxygen atoms in total. The molecule has 0 atom stereocenters. The zero-order valence-corrected chi connectivity index (χ0v) is 12.3. The third-order valence-electron chi connectivity index (χ3n) is 3.74. The van der Waals surface area contributed by atoms with E-state index in [1.807, 2.05) is 6.92 Å². The first-order chi connectivity index (χ1) is 8.94. The number of benzene rings is 1. The van der Waals surface area contributed by atoms with Crippen LogP contribution in [0.4, 0.5) is 5.69 Å². The lowest BCUT2D eigenvalue weighted by atomic mass is 9.87. The lowest BCUT2D eigenvalue weighted by Gasteiger charge is -2.23. The van der Waals surface area contributed by atoms with Crippen molar-refractivity contribution in [3.05, 3.63) is 28.2 Å². The van der Waals surface area contributed by atoms with Crippen LogP contribution in [0.5, 0.6) is 0 Å². The van der Waals surface area contributed by atoms with E-state index in [2.05, 4.69) is 21.2 Å². The highest BCUT2D eigenvalue weighted by molar-refractivity contribution is 9.10. The van der Waals surface area contributed by atoms with Crippen molar-refractivity contribution >= 4 is 33.5 Å². The molecule has 0 radical (unpaired) electrons. The van der Waals surface area contributed by atoms with Crippen molar-refractivity contribution < 1.29 is 14.7 Å². The highest BCUT2D eigenvalue weighted by Gasteiger charge is 2.36. The van der Waals surface area contributed by atoms with E-state index in [9.17, 15) is 9.59 Å². The molecule has 1 aliphatic carbocycles. The van der Waals surface area contributed by atoms with Crippen molar-refractivity contribution in [2.75, 3.05) is 5.32 Å². The molecule has 0 heterocycles. The SMILES string of the molecule is CC1(C(=O)Nc2c(Br)cccc2C(=O)O)CCCC1. The van der Waals surface area contributed by atoms with Crippen LogP contribution in [-0.2, 0) is 4.79 Å². The van der Waals surface area contributed by atoms with E-state index >= 15 is 0 Å². The van der Waals surface area contributed by atoms with Gasteiger partial charge in [-0.1, -0.05) is 25.8 Å². The van der Waals surface area contributed by atoms with Crippen molar-refractivity contribution in [3.63, 3.8) is 0 Å².